The number of hydrogen-bond donors (Lipinski definition) is 1. The van der Waals surface area contributed by atoms with Crippen LogP contribution in [0.4, 0.5) is 4.39 Å². The van der Waals surface area contributed by atoms with E-state index in [2.05, 4.69) is 15.0 Å². The molecule has 3 rings (SSSR count). The van der Waals surface area contributed by atoms with Gasteiger partial charge in [-0.2, -0.15) is 0 Å². The van der Waals surface area contributed by atoms with E-state index in [1.54, 1.807) is 0 Å². The quantitative estimate of drug-likeness (QED) is 0.572. The summed E-state index contributed by atoms with van der Waals surface area (Å²) in [5.74, 6) is -0.508. The summed E-state index contributed by atoms with van der Waals surface area (Å²) < 4.78 is 20.5. The fraction of sp³-hybridized carbons (Fsp3) is 0.500. The van der Waals surface area contributed by atoms with Crippen LogP contribution in [0.25, 0.3) is 11.2 Å². The van der Waals surface area contributed by atoms with Crippen LogP contribution in [0.3, 0.4) is 0 Å². The fourth-order valence-corrected chi connectivity index (χ4v) is 2.08. The molecule has 0 radical (unpaired) electrons. The number of aromatic nitrogens is 4. The largest absolute Gasteiger partial charge is 1.00 e. The molecule has 2 aromatic rings. The van der Waals surface area contributed by atoms with Crippen molar-refractivity contribution in [1.82, 2.24) is 19.5 Å². The second kappa shape index (κ2) is 5.68. The molecule has 19 heavy (non-hydrogen) atoms. The summed E-state index contributed by atoms with van der Waals surface area (Å²) in [6, 6.07) is 0. The van der Waals surface area contributed by atoms with E-state index < -0.39 is 24.4 Å². The Labute approximate surface area is 129 Å². The van der Waals surface area contributed by atoms with Crippen molar-refractivity contribution in [3.63, 3.8) is 0 Å². The fourth-order valence-electron chi connectivity index (χ4n) is 2.08. The zero-order valence-corrected chi connectivity index (χ0v) is 12.2. The zero-order valence-electron chi connectivity index (χ0n) is 10.2. The van der Waals surface area contributed by atoms with Gasteiger partial charge in [-0.1, -0.05) is 0 Å². The smallest absolute Gasteiger partial charge is 0.857 e. The molecular formula is C10H10FN4NaO3. The van der Waals surface area contributed by atoms with Gasteiger partial charge in [-0.25, -0.2) is 14.4 Å². The molecule has 3 unspecified atom stereocenters. The minimum absolute atomic E-state index is 0. The van der Waals surface area contributed by atoms with Crippen molar-refractivity contribution < 1.29 is 48.9 Å². The van der Waals surface area contributed by atoms with E-state index >= 15 is 0 Å². The maximum absolute atomic E-state index is 13.8. The number of fused-ring (bicyclic) bond motifs is 1. The van der Waals surface area contributed by atoms with Crippen LogP contribution in [-0.2, 0) is 4.74 Å². The van der Waals surface area contributed by atoms with Crippen molar-refractivity contribution in [2.75, 3.05) is 6.61 Å². The van der Waals surface area contributed by atoms with Crippen LogP contribution in [0.1, 0.15) is 12.6 Å². The summed E-state index contributed by atoms with van der Waals surface area (Å²) in [6.45, 7) is -0.245. The third-order valence-corrected chi connectivity index (χ3v) is 2.93. The summed E-state index contributed by atoms with van der Waals surface area (Å²) in [5, 5.41) is 20.4. The molecule has 7 nitrogen and oxygen atoms in total. The van der Waals surface area contributed by atoms with E-state index in [-0.39, 0.29) is 53.7 Å². The number of aliphatic hydroxyl groups is 1. The van der Waals surface area contributed by atoms with Crippen LogP contribution in [0.15, 0.2) is 12.7 Å². The summed E-state index contributed by atoms with van der Waals surface area (Å²) in [4.78, 5) is 11.3. The minimum Gasteiger partial charge on any atom is -0.857 e. The second-order valence-electron chi connectivity index (χ2n) is 4.09. The monoisotopic (exact) mass is 276 g/mol. The molecule has 1 aliphatic heterocycles. The molecule has 0 aromatic carbocycles. The third kappa shape index (κ3) is 2.46. The van der Waals surface area contributed by atoms with E-state index in [1.807, 2.05) is 0 Å². The molecule has 1 aliphatic rings. The summed E-state index contributed by atoms with van der Waals surface area (Å²) in [5.41, 5.74) is 0.321. The number of hydrogen-bond acceptors (Lipinski definition) is 6. The maximum atomic E-state index is 13.8. The van der Waals surface area contributed by atoms with Gasteiger partial charge in [-0.15, -0.1) is 0 Å². The number of alkyl halides is 1. The number of rotatable bonds is 2. The molecule has 0 spiro atoms. The molecule has 3 atom stereocenters. The predicted octanol–water partition coefficient (Wildman–Crippen LogP) is -3.48. The molecule has 1 fully saturated rings. The first-order valence-corrected chi connectivity index (χ1v) is 5.45. The van der Waals surface area contributed by atoms with E-state index in [0.717, 1.165) is 6.33 Å². The Kier molecular flexibility index (Phi) is 4.36. The van der Waals surface area contributed by atoms with Crippen molar-refractivity contribution in [3.05, 3.63) is 12.7 Å². The van der Waals surface area contributed by atoms with E-state index in [9.17, 15) is 9.50 Å². The Morgan fingerprint density at radius 1 is 1.47 bits per heavy atom. The van der Waals surface area contributed by atoms with Gasteiger partial charge in [0, 0.05) is 12.3 Å². The van der Waals surface area contributed by atoms with Gasteiger partial charge in [0.05, 0.1) is 19.0 Å². The first-order chi connectivity index (χ1) is 8.70. The first kappa shape index (κ1) is 14.6. The van der Waals surface area contributed by atoms with Crippen LogP contribution in [0, 0.1) is 0 Å². The van der Waals surface area contributed by atoms with Gasteiger partial charge in [-0.05, 0) is 0 Å². The second-order valence-corrected chi connectivity index (χ2v) is 4.09. The van der Waals surface area contributed by atoms with Crippen LogP contribution in [0.2, 0.25) is 0 Å². The van der Waals surface area contributed by atoms with Crippen LogP contribution in [-0.4, -0.2) is 43.5 Å². The van der Waals surface area contributed by atoms with Gasteiger partial charge in [0.25, 0.3) is 0 Å². The molecule has 1 N–H and O–H groups in total. The normalized spacial score (nSPS) is 26.5. The van der Waals surface area contributed by atoms with E-state index in [1.165, 1.54) is 10.9 Å². The molecular weight excluding hydrogens is 266 g/mol. The van der Waals surface area contributed by atoms with Gasteiger partial charge in [0.15, 0.2) is 11.9 Å². The summed E-state index contributed by atoms with van der Waals surface area (Å²) >= 11 is 0. The number of aliphatic hydroxyl groups excluding tert-OH is 1. The standard InChI is InChI=1S/C10H11FN4O3.Na/c11-6-1-5(2-16)18-10(6)15-4-14-7-8(15)12-3-13-9(7)17;/h3-6,10,16H,1-2H2,(H,12,13,17);/q;+1/p-1. The molecule has 0 saturated carbocycles. The minimum atomic E-state index is -1.27. The average Bonchev–Trinajstić information content (AvgIpc) is 2.93. The van der Waals surface area contributed by atoms with Crippen LogP contribution >= 0.6 is 0 Å². The Morgan fingerprint density at radius 2 is 2.26 bits per heavy atom. The van der Waals surface area contributed by atoms with Gasteiger partial charge >= 0.3 is 29.6 Å². The zero-order chi connectivity index (χ0) is 12.7. The molecule has 0 bridgehead atoms. The predicted molar refractivity (Wildman–Crippen MR) is 55.3 cm³/mol. The molecule has 0 amide bonds. The van der Waals surface area contributed by atoms with Gasteiger partial charge < -0.3 is 14.9 Å². The number of imidazole rings is 1. The molecule has 96 valence electrons. The Hall–Kier alpha value is -0.800. The van der Waals surface area contributed by atoms with Gasteiger partial charge in [0.2, 0.25) is 0 Å². The summed E-state index contributed by atoms with van der Waals surface area (Å²) in [6.07, 6.45) is -0.218. The first-order valence-electron chi connectivity index (χ1n) is 5.45. The van der Waals surface area contributed by atoms with E-state index in [0.29, 0.717) is 0 Å². The van der Waals surface area contributed by atoms with Crippen molar-refractivity contribution in [3.8, 4) is 5.88 Å². The SMILES string of the molecule is [Na+].[O-]c1ncnc2c1ncn2C1OC(CO)CC1F. The van der Waals surface area contributed by atoms with Crippen LogP contribution < -0.4 is 34.7 Å². The van der Waals surface area contributed by atoms with Crippen molar-refractivity contribution in [1.29, 1.82) is 0 Å². The Bertz CT molecular complexity index is 581. The molecule has 1 saturated heterocycles. The van der Waals surface area contributed by atoms with E-state index in [4.69, 9.17) is 9.84 Å². The Balaban J connectivity index is 0.00000133. The van der Waals surface area contributed by atoms with Gasteiger partial charge in [-0.3, -0.25) is 9.55 Å². The van der Waals surface area contributed by atoms with Crippen molar-refractivity contribution >= 4 is 11.2 Å². The topological polar surface area (TPSA) is 96.1 Å². The average molecular weight is 276 g/mol. The third-order valence-electron chi connectivity index (χ3n) is 2.93. The van der Waals surface area contributed by atoms with Crippen molar-refractivity contribution in [2.24, 2.45) is 0 Å². The molecule has 9 heteroatoms. The number of halogens is 1. The van der Waals surface area contributed by atoms with Crippen molar-refractivity contribution in [2.45, 2.75) is 24.9 Å². The molecule has 3 heterocycles. The van der Waals surface area contributed by atoms with Gasteiger partial charge in [0.1, 0.15) is 18.0 Å². The summed E-state index contributed by atoms with van der Waals surface area (Å²) in [7, 11) is 0. The molecule has 2 aromatic heterocycles. The van der Waals surface area contributed by atoms with Crippen LogP contribution in [0.5, 0.6) is 5.88 Å². The maximum Gasteiger partial charge on any atom is 1.00 e. The molecule has 0 aliphatic carbocycles. The number of nitrogens with zero attached hydrogens (tertiary/aromatic N) is 4. The number of ether oxygens (including phenoxy) is 1. The Morgan fingerprint density at radius 3 is 2.95 bits per heavy atom.